The molecule has 2 aromatic rings. The second-order valence-corrected chi connectivity index (χ2v) is 21.1. The van der Waals surface area contributed by atoms with E-state index in [2.05, 4.69) is 116 Å². The van der Waals surface area contributed by atoms with Crippen LogP contribution in [0, 0.1) is 0 Å². The number of hydrogen-bond donors (Lipinski definition) is 0. The SMILES string of the molecule is CC(C)P(C1=Cc2ccccc2[CH]1[Zr+2][CH]1C(P(C(C)C)C(C)C)=Cc2ccccc21)C(C)C.[F-].[F-]. The van der Waals surface area contributed by atoms with Crippen molar-refractivity contribution in [3.63, 3.8) is 0 Å². The number of rotatable bonds is 8. The van der Waals surface area contributed by atoms with Gasteiger partial charge >= 0.3 is 218 Å². The molecular weight excluding hydrogens is 551 g/mol. The zero-order chi connectivity index (χ0) is 23.9. The molecule has 0 fully saturated rings. The predicted molar refractivity (Wildman–Crippen MR) is 149 cm³/mol. The van der Waals surface area contributed by atoms with Crippen molar-refractivity contribution in [1.29, 1.82) is 0 Å². The van der Waals surface area contributed by atoms with E-state index in [1.807, 2.05) is 10.6 Å². The first-order valence-corrected chi connectivity index (χ1v) is 18.4. The molecule has 35 heavy (non-hydrogen) atoms. The van der Waals surface area contributed by atoms with Crippen molar-refractivity contribution in [2.45, 2.75) is 85.3 Å². The van der Waals surface area contributed by atoms with Crippen molar-refractivity contribution in [2.75, 3.05) is 0 Å². The monoisotopic (exact) mass is 590 g/mol. The summed E-state index contributed by atoms with van der Waals surface area (Å²) in [6.07, 6.45) is 5.26. The standard InChI is InChI=1S/2C15H20P.2FH.Zr/c2*1-11(2)16(12(3)4)15-9-13-7-5-6-8-14(13)10-15;;;/h2*5-12H,1-4H3;2*1H;/q;;;;+2/p-2. The second kappa shape index (κ2) is 12.9. The molecule has 0 heterocycles. The van der Waals surface area contributed by atoms with Crippen molar-refractivity contribution in [2.24, 2.45) is 0 Å². The van der Waals surface area contributed by atoms with Gasteiger partial charge in [0.2, 0.25) is 0 Å². The minimum Gasteiger partial charge on any atom is -1.00 e. The molecule has 188 valence electrons. The van der Waals surface area contributed by atoms with Crippen LogP contribution in [0.15, 0.2) is 59.2 Å². The van der Waals surface area contributed by atoms with Crippen LogP contribution in [0.5, 0.6) is 0 Å². The first kappa shape index (κ1) is 30.7. The molecule has 5 heteroatoms. The van der Waals surface area contributed by atoms with Gasteiger partial charge in [-0.1, -0.05) is 0 Å². The summed E-state index contributed by atoms with van der Waals surface area (Å²) in [6.45, 7) is 19.7. The summed E-state index contributed by atoms with van der Waals surface area (Å²) in [5.41, 5.74) is 9.31. The Labute approximate surface area is 226 Å². The number of fused-ring (bicyclic) bond motifs is 2. The summed E-state index contributed by atoms with van der Waals surface area (Å²) >= 11 is -0.844. The molecule has 0 saturated carbocycles. The summed E-state index contributed by atoms with van der Waals surface area (Å²) < 4.78 is 1.44. The molecule has 0 bridgehead atoms. The van der Waals surface area contributed by atoms with Gasteiger partial charge in [0.1, 0.15) is 0 Å². The third-order valence-corrected chi connectivity index (χ3v) is 19.3. The van der Waals surface area contributed by atoms with Crippen molar-refractivity contribution in [1.82, 2.24) is 0 Å². The first-order valence-electron chi connectivity index (χ1n) is 12.6. The Balaban J connectivity index is 0.00000216. The quantitative estimate of drug-likeness (QED) is 0.409. The Morgan fingerprint density at radius 2 is 0.857 bits per heavy atom. The number of benzene rings is 2. The largest absolute Gasteiger partial charge is 1.00 e. The van der Waals surface area contributed by atoms with E-state index in [-0.39, 0.29) is 25.3 Å². The Bertz CT molecular complexity index is 958. The molecule has 0 saturated heterocycles. The molecule has 4 rings (SSSR count). The number of halogens is 2. The summed E-state index contributed by atoms with van der Waals surface area (Å²) in [5.74, 6) is 0. The van der Waals surface area contributed by atoms with Gasteiger partial charge in [-0.25, -0.2) is 0 Å². The molecule has 2 aliphatic carbocycles. The van der Waals surface area contributed by atoms with Crippen molar-refractivity contribution in [3.8, 4) is 0 Å². The summed E-state index contributed by atoms with van der Waals surface area (Å²) in [5, 5.41) is 3.65. The fraction of sp³-hybridized carbons (Fsp3) is 0.467. The van der Waals surface area contributed by atoms with E-state index in [0.717, 1.165) is 29.9 Å². The zero-order valence-corrected chi connectivity index (χ0v) is 26.6. The topological polar surface area (TPSA) is 0 Å². The molecule has 2 aliphatic rings. The van der Waals surface area contributed by atoms with Gasteiger partial charge in [-0.05, 0) is 0 Å². The third kappa shape index (κ3) is 6.16. The zero-order valence-electron chi connectivity index (χ0n) is 22.4. The smallest absolute Gasteiger partial charge is 1.00 e. The fourth-order valence-electron chi connectivity index (χ4n) is 5.96. The molecular formula is C30H40F2P2Zr. The normalized spacial score (nSPS) is 18.5. The van der Waals surface area contributed by atoms with Crippen LogP contribution in [0.3, 0.4) is 0 Å². The maximum atomic E-state index is 2.63. The first-order chi connectivity index (χ1) is 15.7. The van der Waals surface area contributed by atoms with E-state index >= 15 is 0 Å². The van der Waals surface area contributed by atoms with Crippen molar-refractivity contribution < 1.29 is 32.6 Å². The molecule has 2 aromatic carbocycles. The summed E-state index contributed by atoms with van der Waals surface area (Å²) in [4.78, 5) is 0. The van der Waals surface area contributed by atoms with Crippen LogP contribution < -0.4 is 9.41 Å². The average molecular weight is 592 g/mol. The molecule has 0 aromatic heterocycles. The van der Waals surface area contributed by atoms with Gasteiger partial charge in [-0.2, -0.15) is 0 Å². The van der Waals surface area contributed by atoms with Crippen LogP contribution >= 0.6 is 15.8 Å². The molecule has 0 nitrogen and oxygen atoms in total. The molecule has 0 spiro atoms. The van der Waals surface area contributed by atoms with E-state index in [4.69, 9.17) is 0 Å². The Hall–Kier alpha value is -0.477. The van der Waals surface area contributed by atoms with Gasteiger partial charge in [-0.15, -0.1) is 0 Å². The van der Waals surface area contributed by atoms with Gasteiger partial charge < -0.3 is 9.41 Å². The maximum absolute atomic E-state index is 2.63. The van der Waals surface area contributed by atoms with Gasteiger partial charge in [0.05, 0.1) is 0 Å². The number of hydrogen-bond acceptors (Lipinski definition) is 0. The predicted octanol–water partition coefficient (Wildman–Crippen LogP) is 3.87. The third-order valence-electron chi connectivity index (χ3n) is 6.97. The Kier molecular flexibility index (Phi) is 11.3. The van der Waals surface area contributed by atoms with Crippen LogP contribution in [0.25, 0.3) is 12.2 Å². The summed E-state index contributed by atoms with van der Waals surface area (Å²) in [7, 11) is -0.236. The van der Waals surface area contributed by atoms with Gasteiger partial charge in [0.25, 0.3) is 0 Å². The van der Waals surface area contributed by atoms with Crippen LogP contribution in [-0.2, 0) is 23.2 Å². The van der Waals surface area contributed by atoms with E-state index in [9.17, 15) is 0 Å². The van der Waals surface area contributed by atoms with Crippen LogP contribution in [0.4, 0.5) is 0 Å². The number of allylic oxidation sites excluding steroid dienone is 2. The summed E-state index contributed by atoms with van der Waals surface area (Å²) in [6, 6.07) is 18.7. The Morgan fingerprint density at radius 3 is 1.17 bits per heavy atom. The molecule has 0 amide bonds. The van der Waals surface area contributed by atoms with E-state index in [1.165, 1.54) is 11.1 Å². The molecule has 2 unspecified atom stereocenters. The van der Waals surface area contributed by atoms with Crippen LogP contribution in [-0.4, -0.2) is 22.6 Å². The van der Waals surface area contributed by atoms with E-state index in [1.54, 1.807) is 11.1 Å². The average Bonchev–Trinajstić information content (AvgIpc) is 3.26. The Morgan fingerprint density at radius 1 is 0.543 bits per heavy atom. The van der Waals surface area contributed by atoms with Gasteiger partial charge in [-0.3, -0.25) is 0 Å². The minimum absolute atomic E-state index is 0. The van der Waals surface area contributed by atoms with Crippen LogP contribution in [0.1, 0.15) is 84.9 Å². The van der Waals surface area contributed by atoms with Crippen molar-refractivity contribution in [3.05, 3.63) is 81.4 Å². The molecule has 0 N–H and O–H groups in total. The maximum Gasteiger partial charge on any atom is -1.00 e. The molecule has 0 aliphatic heterocycles. The van der Waals surface area contributed by atoms with Gasteiger partial charge in [0.15, 0.2) is 0 Å². The fourth-order valence-corrected chi connectivity index (χ4v) is 19.5. The molecule has 0 radical (unpaired) electrons. The van der Waals surface area contributed by atoms with Crippen molar-refractivity contribution >= 4 is 28.0 Å². The second-order valence-electron chi connectivity index (χ2n) is 10.6. The minimum atomic E-state index is -0.844. The van der Waals surface area contributed by atoms with E-state index in [0.29, 0.717) is 0 Å². The van der Waals surface area contributed by atoms with Crippen LogP contribution in [0.2, 0.25) is 0 Å². The van der Waals surface area contributed by atoms with Gasteiger partial charge in [0, 0.05) is 0 Å². The molecule has 2 atom stereocenters. The van der Waals surface area contributed by atoms with E-state index < -0.39 is 23.2 Å².